The number of carbonyl (C=O) groups is 1. The van der Waals surface area contributed by atoms with Crippen molar-refractivity contribution in [2.75, 3.05) is 17.6 Å². The van der Waals surface area contributed by atoms with Crippen LogP contribution in [0, 0.1) is 0 Å². The van der Waals surface area contributed by atoms with E-state index in [1.54, 1.807) is 0 Å². The van der Waals surface area contributed by atoms with Crippen LogP contribution in [0.25, 0.3) is 0 Å². The van der Waals surface area contributed by atoms with Gasteiger partial charge in [-0.2, -0.15) is 0 Å². The van der Waals surface area contributed by atoms with E-state index in [9.17, 15) is 4.79 Å². The van der Waals surface area contributed by atoms with E-state index in [0.717, 1.165) is 32.5 Å². The quantitative estimate of drug-likeness (QED) is 0.636. The normalized spacial score (nSPS) is 12.0. The predicted octanol–water partition coefficient (Wildman–Crippen LogP) is 4.09. The van der Waals surface area contributed by atoms with Crippen LogP contribution in [-0.4, -0.2) is 28.4 Å². The van der Waals surface area contributed by atoms with Crippen LogP contribution in [0.3, 0.4) is 0 Å². The maximum Gasteiger partial charge on any atom is 0.230 e. The number of hydrogen-bond acceptors (Lipinski definition) is 6. The summed E-state index contributed by atoms with van der Waals surface area (Å²) < 4.78 is 1.83. The molecule has 0 aliphatic carbocycles. The van der Waals surface area contributed by atoms with Gasteiger partial charge >= 0.3 is 0 Å². The second-order valence-electron chi connectivity index (χ2n) is 4.93. The van der Waals surface area contributed by atoms with Crippen LogP contribution in [0.2, 0.25) is 0 Å². The first kappa shape index (κ1) is 18.2. The van der Waals surface area contributed by atoms with Gasteiger partial charge in [-0.15, -0.1) is 10.2 Å². The molecule has 0 bridgehead atoms. The molecular formula is C15H19BrN4OS2. The molecule has 2 aromatic rings. The van der Waals surface area contributed by atoms with Crippen LogP contribution in [0.15, 0.2) is 33.1 Å². The number of amides is 1. The molecule has 0 aliphatic rings. The van der Waals surface area contributed by atoms with Crippen molar-refractivity contribution in [1.82, 2.24) is 15.5 Å². The summed E-state index contributed by atoms with van der Waals surface area (Å²) in [7, 11) is 0. The number of hydrogen-bond donors (Lipinski definition) is 2. The molecule has 1 amide bonds. The Balaban J connectivity index is 1.78. The second-order valence-corrected chi connectivity index (χ2v) is 8.04. The fraction of sp³-hybridized carbons (Fsp3) is 0.400. The Bertz CT molecular complexity index is 633. The SMILES string of the molecule is CCCNc1nnc(SCC(=O)NC(C)c2ccc(Br)cc2)s1. The fourth-order valence-electron chi connectivity index (χ4n) is 1.82. The molecule has 0 fully saturated rings. The third-order valence-corrected chi connectivity index (χ3v) is 5.55. The Labute approximate surface area is 152 Å². The van der Waals surface area contributed by atoms with E-state index in [1.165, 1.54) is 23.1 Å². The number of carbonyl (C=O) groups excluding carboxylic acids is 1. The lowest BCUT2D eigenvalue weighted by Crippen LogP contribution is -2.28. The van der Waals surface area contributed by atoms with Crippen LogP contribution in [0.5, 0.6) is 0 Å². The van der Waals surface area contributed by atoms with Crippen molar-refractivity contribution < 1.29 is 4.79 Å². The number of rotatable bonds is 8. The lowest BCUT2D eigenvalue weighted by atomic mass is 10.1. The van der Waals surface area contributed by atoms with Gasteiger partial charge in [0.25, 0.3) is 0 Å². The van der Waals surface area contributed by atoms with Gasteiger partial charge in [-0.1, -0.05) is 58.1 Å². The van der Waals surface area contributed by atoms with Crippen LogP contribution in [0.4, 0.5) is 5.13 Å². The molecule has 5 nitrogen and oxygen atoms in total. The van der Waals surface area contributed by atoms with Gasteiger partial charge in [-0.25, -0.2) is 0 Å². The Morgan fingerprint density at radius 2 is 2.09 bits per heavy atom. The number of aromatic nitrogens is 2. The number of benzene rings is 1. The molecule has 2 rings (SSSR count). The van der Waals surface area contributed by atoms with Gasteiger partial charge in [0.15, 0.2) is 4.34 Å². The number of thioether (sulfide) groups is 1. The molecule has 1 heterocycles. The first-order valence-corrected chi connectivity index (χ1v) is 9.93. The summed E-state index contributed by atoms with van der Waals surface area (Å²) >= 11 is 6.29. The monoisotopic (exact) mass is 414 g/mol. The number of halogens is 1. The third-order valence-electron chi connectivity index (χ3n) is 3.01. The molecule has 0 spiro atoms. The summed E-state index contributed by atoms with van der Waals surface area (Å²) in [4.78, 5) is 12.0. The smallest absolute Gasteiger partial charge is 0.230 e. The zero-order chi connectivity index (χ0) is 16.7. The molecule has 1 unspecified atom stereocenters. The zero-order valence-electron chi connectivity index (χ0n) is 13.0. The number of nitrogens with one attached hydrogen (secondary N) is 2. The number of nitrogens with zero attached hydrogens (tertiary/aromatic N) is 2. The van der Waals surface area contributed by atoms with Gasteiger partial charge in [0.2, 0.25) is 11.0 Å². The minimum atomic E-state index is -0.0209. The van der Waals surface area contributed by atoms with Gasteiger partial charge in [-0.3, -0.25) is 4.79 Å². The fourth-order valence-corrected chi connectivity index (χ4v) is 3.67. The molecule has 1 aromatic carbocycles. The van der Waals surface area contributed by atoms with E-state index in [1.807, 2.05) is 31.2 Å². The van der Waals surface area contributed by atoms with E-state index < -0.39 is 0 Å². The van der Waals surface area contributed by atoms with Crippen molar-refractivity contribution in [2.24, 2.45) is 0 Å². The van der Waals surface area contributed by atoms with Gasteiger partial charge in [-0.05, 0) is 31.0 Å². The highest BCUT2D eigenvalue weighted by molar-refractivity contribution is 9.10. The predicted molar refractivity (Wildman–Crippen MR) is 100 cm³/mol. The Kier molecular flexibility index (Phi) is 7.32. The van der Waals surface area contributed by atoms with Gasteiger partial charge in [0.05, 0.1) is 11.8 Å². The van der Waals surface area contributed by atoms with Crippen LogP contribution >= 0.6 is 39.0 Å². The lowest BCUT2D eigenvalue weighted by Gasteiger charge is -2.14. The Hall–Kier alpha value is -1.12. The summed E-state index contributed by atoms with van der Waals surface area (Å²) in [5.74, 6) is 0.326. The van der Waals surface area contributed by atoms with Gasteiger partial charge < -0.3 is 10.6 Å². The largest absolute Gasteiger partial charge is 0.360 e. The Morgan fingerprint density at radius 3 is 2.78 bits per heavy atom. The molecule has 23 heavy (non-hydrogen) atoms. The van der Waals surface area contributed by atoms with Gasteiger partial charge in [0.1, 0.15) is 0 Å². The maximum absolute atomic E-state index is 12.0. The van der Waals surface area contributed by atoms with Crippen molar-refractivity contribution in [2.45, 2.75) is 30.6 Å². The second kappa shape index (κ2) is 9.24. The molecule has 0 saturated heterocycles. The lowest BCUT2D eigenvalue weighted by molar-refractivity contribution is -0.119. The van der Waals surface area contributed by atoms with Gasteiger partial charge in [0, 0.05) is 11.0 Å². The van der Waals surface area contributed by atoms with Crippen LogP contribution in [0.1, 0.15) is 31.9 Å². The molecule has 0 saturated carbocycles. The average Bonchev–Trinajstić information content (AvgIpc) is 2.99. The first-order valence-electron chi connectivity index (χ1n) is 7.33. The molecule has 0 aliphatic heterocycles. The van der Waals surface area contributed by atoms with E-state index in [2.05, 4.69) is 43.7 Å². The highest BCUT2D eigenvalue weighted by Crippen LogP contribution is 2.25. The van der Waals surface area contributed by atoms with E-state index in [0.29, 0.717) is 5.75 Å². The van der Waals surface area contributed by atoms with E-state index in [4.69, 9.17) is 0 Å². The summed E-state index contributed by atoms with van der Waals surface area (Å²) in [6.07, 6.45) is 1.04. The molecular weight excluding hydrogens is 396 g/mol. The van der Waals surface area contributed by atoms with E-state index >= 15 is 0 Å². The minimum Gasteiger partial charge on any atom is -0.360 e. The summed E-state index contributed by atoms with van der Waals surface area (Å²) in [6, 6.07) is 7.92. The topological polar surface area (TPSA) is 66.9 Å². The minimum absolute atomic E-state index is 0.0105. The molecule has 1 aromatic heterocycles. The molecule has 124 valence electrons. The average molecular weight is 415 g/mol. The molecule has 0 radical (unpaired) electrons. The standard InChI is InChI=1S/C15H19BrN4OS2/c1-3-8-17-14-19-20-15(23-14)22-9-13(21)18-10(2)11-4-6-12(16)7-5-11/h4-7,10H,3,8-9H2,1-2H3,(H,17,19)(H,18,21). The summed E-state index contributed by atoms with van der Waals surface area (Å²) in [5, 5.41) is 15.1. The zero-order valence-corrected chi connectivity index (χ0v) is 16.2. The first-order chi connectivity index (χ1) is 11.1. The molecule has 8 heteroatoms. The molecule has 1 atom stereocenters. The van der Waals surface area contributed by atoms with Crippen molar-refractivity contribution in [3.05, 3.63) is 34.3 Å². The van der Waals surface area contributed by atoms with Crippen molar-refractivity contribution in [3.63, 3.8) is 0 Å². The van der Waals surface area contributed by atoms with E-state index in [-0.39, 0.29) is 11.9 Å². The third kappa shape index (κ3) is 6.12. The highest BCUT2D eigenvalue weighted by Gasteiger charge is 2.11. The number of anilines is 1. The van der Waals surface area contributed by atoms with Crippen LogP contribution in [-0.2, 0) is 4.79 Å². The molecule has 2 N–H and O–H groups in total. The summed E-state index contributed by atoms with van der Waals surface area (Å²) in [6.45, 7) is 4.95. The summed E-state index contributed by atoms with van der Waals surface area (Å²) in [5.41, 5.74) is 1.08. The van der Waals surface area contributed by atoms with Crippen molar-refractivity contribution in [1.29, 1.82) is 0 Å². The maximum atomic E-state index is 12.0. The van der Waals surface area contributed by atoms with Crippen molar-refractivity contribution >= 4 is 50.1 Å². The van der Waals surface area contributed by atoms with Crippen molar-refractivity contribution in [3.8, 4) is 0 Å². The highest BCUT2D eigenvalue weighted by atomic mass is 79.9. The van der Waals surface area contributed by atoms with Crippen LogP contribution < -0.4 is 10.6 Å². The Morgan fingerprint density at radius 1 is 1.35 bits per heavy atom.